The van der Waals surface area contributed by atoms with E-state index in [9.17, 15) is 0 Å². The third-order valence-electron chi connectivity index (χ3n) is 3.14. The molecule has 0 heterocycles. The van der Waals surface area contributed by atoms with Gasteiger partial charge in [-0.1, -0.05) is 43.3 Å². The van der Waals surface area contributed by atoms with Gasteiger partial charge >= 0.3 is 0 Å². The zero-order valence-electron chi connectivity index (χ0n) is 10.7. The average Bonchev–Trinajstić information content (AvgIpc) is 2.34. The van der Waals surface area contributed by atoms with Gasteiger partial charge < -0.3 is 5.32 Å². The van der Waals surface area contributed by atoms with E-state index >= 15 is 0 Å². The molecule has 0 atom stereocenters. The Labute approximate surface area is 103 Å². The third-order valence-corrected chi connectivity index (χ3v) is 3.14. The van der Waals surface area contributed by atoms with Crippen molar-refractivity contribution in [2.24, 2.45) is 0 Å². The Bertz CT molecular complexity index is 515. The maximum Gasteiger partial charge on any atom is 0.0446 e. The number of aryl methyl sites for hydroxylation is 3. The van der Waals surface area contributed by atoms with Crippen molar-refractivity contribution in [3.63, 3.8) is 0 Å². The van der Waals surface area contributed by atoms with Crippen molar-refractivity contribution in [3.8, 4) is 0 Å². The van der Waals surface area contributed by atoms with Gasteiger partial charge in [-0.25, -0.2) is 0 Å². The molecular formula is C16H19N. The van der Waals surface area contributed by atoms with Crippen molar-refractivity contribution in [2.75, 3.05) is 5.32 Å². The Balaban J connectivity index is 2.39. The zero-order valence-corrected chi connectivity index (χ0v) is 10.7. The normalized spacial score (nSPS) is 10.3. The lowest BCUT2D eigenvalue weighted by atomic mass is 10.0. The van der Waals surface area contributed by atoms with Gasteiger partial charge in [-0.3, -0.25) is 0 Å². The monoisotopic (exact) mass is 225 g/mol. The minimum atomic E-state index is 1.05. The summed E-state index contributed by atoms with van der Waals surface area (Å²) in [6.07, 6.45) is 1.05. The second-order valence-electron chi connectivity index (χ2n) is 4.40. The van der Waals surface area contributed by atoms with Crippen molar-refractivity contribution in [1.29, 1.82) is 0 Å². The van der Waals surface area contributed by atoms with Crippen LogP contribution < -0.4 is 5.32 Å². The summed E-state index contributed by atoms with van der Waals surface area (Å²) in [6, 6.07) is 14.9. The Kier molecular flexibility index (Phi) is 3.48. The fourth-order valence-corrected chi connectivity index (χ4v) is 2.05. The molecule has 0 aliphatic carbocycles. The molecule has 1 heteroatoms. The molecule has 0 fully saturated rings. The van der Waals surface area contributed by atoms with E-state index in [-0.39, 0.29) is 0 Å². The van der Waals surface area contributed by atoms with E-state index in [1.165, 1.54) is 28.1 Å². The molecule has 0 spiro atoms. The van der Waals surface area contributed by atoms with Crippen LogP contribution in [-0.2, 0) is 6.42 Å². The first-order chi connectivity index (χ1) is 8.22. The molecular weight excluding hydrogens is 206 g/mol. The highest BCUT2D eigenvalue weighted by Gasteiger charge is 2.05. The molecule has 0 unspecified atom stereocenters. The van der Waals surface area contributed by atoms with Crippen LogP contribution in [0, 0.1) is 13.8 Å². The van der Waals surface area contributed by atoms with Gasteiger partial charge in [-0.05, 0) is 43.0 Å². The van der Waals surface area contributed by atoms with Crippen molar-refractivity contribution in [1.82, 2.24) is 0 Å². The minimum absolute atomic E-state index is 1.05. The molecule has 2 aromatic carbocycles. The van der Waals surface area contributed by atoms with E-state index in [1.54, 1.807) is 0 Å². The molecule has 0 aliphatic rings. The number of hydrogen-bond acceptors (Lipinski definition) is 1. The van der Waals surface area contributed by atoms with Crippen molar-refractivity contribution < 1.29 is 0 Å². The molecule has 1 nitrogen and oxygen atoms in total. The van der Waals surface area contributed by atoms with E-state index in [2.05, 4.69) is 68.6 Å². The van der Waals surface area contributed by atoms with Crippen LogP contribution in [0.25, 0.3) is 0 Å². The lowest BCUT2D eigenvalue weighted by Crippen LogP contribution is -1.99. The van der Waals surface area contributed by atoms with Crippen LogP contribution in [0.4, 0.5) is 11.4 Å². The molecule has 0 saturated carbocycles. The van der Waals surface area contributed by atoms with Crippen LogP contribution in [0.1, 0.15) is 23.6 Å². The second kappa shape index (κ2) is 5.05. The zero-order chi connectivity index (χ0) is 12.3. The highest BCUT2D eigenvalue weighted by molar-refractivity contribution is 5.68. The number of benzene rings is 2. The smallest absolute Gasteiger partial charge is 0.0446 e. The second-order valence-corrected chi connectivity index (χ2v) is 4.40. The van der Waals surface area contributed by atoms with Gasteiger partial charge in [0.25, 0.3) is 0 Å². The van der Waals surface area contributed by atoms with Gasteiger partial charge in [0.15, 0.2) is 0 Å². The molecule has 0 aliphatic heterocycles. The first kappa shape index (κ1) is 11.7. The molecule has 88 valence electrons. The molecule has 1 N–H and O–H groups in total. The van der Waals surface area contributed by atoms with Crippen LogP contribution in [0.5, 0.6) is 0 Å². The maximum atomic E-state index is 3.56. The maximum absolute atomic E-state index is 3.56. The quantitative estimate of drug-likeness (QED) is 0.804. The van der Waals surface area contributed by atoms with E-state index in [0.717, 1.165) is 6.42 Å². The van der Waals surface area contributed by atoms with Gasteiger partial charge in [0, 0.05) is 11.4 Å². The fourth-order valence-electron chi connectivity index (χ4n) is 2.05. The van der Waals surface area contributed by atoms with E-state index in [1.807, 2.05) is 0 Å². The largest absolute Gasteiger partial charge is 0.355 e. The van der Waals surface area contributed by atoms with Gasteiger partial charge in [-0.15, -0.1) is 0 Å². The summed E-state index contributed by atoms with van der Waals surface area (Å²) in [5.74, 6) is 0. The average molecular weight is 225 g/mol. The Hall–Kier alpha value is -1.76. The topological polar surface area (TPSA) is 12.0 Å². The van der Waals surface area contributed by atoms with Gasteiger partial charge in [0.05, 0.1) is 0 Å². The van der Waals surface area contributed by atoms with Gasteiger partial charge in [-0.2, -0.15) is 0 Å². The van der Waals surface area contributed by atoms with E-state index in [4.69, 9.17) is 0 Å². The Morgan fingerprint density at radius 3 is 2.29 bits per heavy atom. The summed E-state index contributed by atoms with van der Waals surface area (Å²) in [7, 11) is 0. The Morgan fingerprint density at radius 2 is 1.59 bits per heavy atom. The number of anilines is 2. The van der Waals surface area contributed by atoms with Crippen LogP contribution in [0.15, 0.2) is 42.5 Å². The summed E-state index contributed by atoms with van der Waals surface area (Å²) in [5.41, 5.74) is 6.39. The predicted molar refractivity (Wildman–Crippen MR) is 75.0 cm³/mol. The number of rotatable bonds is 3. The molecule has 0 amide bonds. The van der Waals surface area contributed by atoms with E-state index in [0.29, 0.717) is 0 Å². The number of nitrogens with one attached hydrogen (secondary N) is 1. The summed E-state index contributed by atoms with van der Waals surface area (Å²) < 4.78 is 0. The molecule has 0 saturated heterocycles. The number of para-hydroxylation sites is 2. The summed E-state index contributed by atoms with van der Waals surface area (Å²) >= 11 is 0. The van der Waals surface area contributed by atoms with Crippen molar-refractivity contribution in [2.45, 2.75) is 27.2 Å². The Morgan fingerprint density at radius 1 is 0.882 bits per heavy atom. The SMILES string of the molecule is CCc1cccc(C)c1Nc1ccccc1C. The first-order valence-electron chi connectivity index (χ1n) is 6.13. The van der Waals surface area contributed by atoms with Crippen LogP contribution >= 0.6 is 0 Å². The summed E-state index contributed by atoms with van der Waals surface area (Å²) in [6.45, 7) is 6.48. The van der Waals surface area contributed by atoms with Gasteiger partial charge in [0.2, 0.25) is 0 Å². The molecule has 0 bridgehead atoms. The summed E-state index contributed by atoms with van der Waals surface area (Å²) in [5, 5.41) is 3.56. The first-order valence-corrected chi connectivity index (χ1v) is 6.13. The molecule has 2 aromatic rings. The van der Waals surface area contributed by atoms with Crippen LogP contribution in [-0.4, -0.2) is 0 Å². The fraction of sp³-hybridized carbons (Fsp3) is 0.250. The highest BCUT2D eigenvalue weighted by Crippen LogP contribution is 2.26. The van der Waals surface area contributed by atoms with E-state index < -0.39 is 0 Å². The van der Waals surface area contributed by atoms with Crippen molar-refractivity contribution >= 4 is 11.4 Å². The number of hydrogen-bond donors (Lipinski definition) is 1. The minimum Gasteiger partial charge on any atom is -0.355 e. The molecule has 2 rings (SSSR count). The highest BCUT2D eigenvalue weighted by atomic mass is 14.9. The van der Waals surface area contributed by atoms with Crippen molar-refractivity contribution in [3.05, 3.63) is 59.2 Å². The third kappa shape index (κ3) is 2.50. The molecule has 0 radical (unpaired) electrons. The summed E-state index contributed by atoms with van der Waals surface area (Å²) in [4.78, 5) is 0. The lowest BCUT2D eigenvalue weighted by molar-refractivity contribution is 1.13. The van der Waals surface area contributed by atoms with Crippen LogP contribution in [0.3, 0.4) is 0 Å². The molecule has 17 heavy (non-hydrogen) atoms. The predicted octanol–water partition coefficient (Wildman–Crippen LogP) is 4.61. The van der Waals surface area contributed by atoms with Gasteiger partial charge in [0.1, 0.15) is 0 Å². The lowest BCUT2D eigenvalue weighted by Gasteiger charge is -2.15. The molecule has 0 aromatic heterocycles. The van der Waals surface area contributed by atoms with Crippen LogP contribution in [0.2, 0.25) is 0 Å². The standard InChI is InChI=1S/C16H19N/c1-4-14-10-7-9-13(3)16(14)17-15-11-6-5-8-12(15)2/h5-11,17H,4H2,1-3H3.